The molecule has 2 saturated heterocycles. The highest BCUT2D eigenvalue weighted by Crippen LogP contribution is 2.30. The van der Waals surface area contributed by atoms with Gasteiger partial charge in [-0.1, -0.05) is 19.1 Å². The lowest BCUT2D eigenvalue weighted by Gasteiger charge is -2.32. The van der Waals surface area contributed by atoms with Crippen LogP contribution in [0.3, 0.4) is 0 Å². The molecule has 5 heteroatoms. The predicted molar refractivity (Wildman–Crippen MR) is 89.4 cm³/mol. The summed E-state index contributed by atoms with van der Waals surface area (Å²) in [6.07, 6.45) is 7.14. The number of rotatable bonds is 4. The standard InChI is InChI=1S/C9H15NO.C8H14N2O/c1-3-5-9(2)6-4-7-10-8(9)11;1-3-4-8(2)7(11)9-5-6-10-8/h3H,1,4-7H2,2H3,(H,10,11);3,10H,1,4-6H2,2H3,(H,9,11)/t9-;8-/m10/s1. The van der Waals surface area contributed by atoms with Gasteiger partial charge in [0, 0.05) is 25.0 Å². The maximum absolute atomic E-state index is 11.3. The Balaban J connectivity index is 0.000000220. The van der Waals surface area contributed by atoms with E-state index in [1.165, 1.54) is 0 Å². The summed E-state index contributed by atoms with van der Waals surface area (Å²) in [6, 6.07) is 0. The van der Waals surface area contributed by atoms with Crippen LogP contribution in [0, 0.1) is 5.41 Å². The van der Waals surface area contributed by atoms with Gasteiger partial charge in [0.05, 0.1) is 5.54 Å². The molecule has 0 aromatic rings. The van der Waals surface area contributed by atoms with Crippen LogP contribution in [-0.4, -0.2) is 37.0 Å². The Morgan fingerprint density at radius 2 is 1.64 bits per heavy atom. The number of hydrogen-bond acceptors (Lipinski definition) is 3. The summed E-state index contributed by atoms with van der Waals surface area (Å²) in [5, 5.41) is 8.84. The minimum Gasteiger partial charge on any atom is -0.356 e. The molecule has 0 aromatic heterocycles. The SMILES string of the molecule is C=CC[C@]1(C)CCCNC1=O.C=CC[C@]1(C)NCCNC1=O. The molecule has 0 spiro atoms. The van der Waals surface area contributed by atoms with E-state index in [1.54, 1.807) is 6.08 Å². The summed E-state index contributed by atoms with van der Waals surface area (Å²) in [5.74, 6) is 0.257. The number of piperazine rings is 1. The van der Waals surface area contributed by atoms with E-state index in [4.69, 9.17) is 0 Å². The van der Waals surface area contributed by atoms with E-state index in [-0.39, 0.29) is 17.2 Å². The summed E-state index contributed by atoms with van der Waals surface area (Å²) >= 11 is 0. The zero-order valence-electron chi connectivity index (χ0n) is 13.8. The molecule has 5 nitrogen and oxygen atoms in total. The third kappa shape index (κ3) is 4.70. The maximum Gasteiger partial charge on any atom is 0.240 e. The fraction of sp³-hybridized carbons (Fsp3) is 0.647. The Morgan fingerprint density at radius 3 is 2.18 bits per heavy atom. The van der Waals surface area contributed by atoms with Crippen LogP contribution in [0.1, 0.15) is 39.5 Å². The Kier molecular flexibility index (Phi) is 6.81. The number of hydrogen-bond donors (Lipinski definition) is 3. The van der Waals surface area contributed by atoms with E-state index in [2.05, 4.69) is 29.1 Å². The van der Waals surface area contributed by atoms with Crippen molar-refractivity contribution in [2.75, 3.05) is 19.6 Å². The van der Waals surface area contributed by atoms with Gasteiger partial charge in [-0.3, -0.25) is 9.59 Å². The second-order valence-electron chi connectivity index (χ2n) is 6.42. The first-order valence-electron chi connectivity index (χ1n) is 7.91. The van der Waals surface area contributed by atoms with Gasteiger partial charge in [-0.25, -0.2) is 0 Å². The first kappa shape index (κ1) is 18.4. The van der Waals surface area contributed by atoms with Crippen LogP contribution in [-0.2, 0) is 9.59 Å². The first-order chi connectivity index (χ1) is 10.4. The van der Waals surface area contributed by atoms with Crippen molar-refractivity contribution in [3.8, 4) is 0 Å². The van der Waals surface area contributed by atoms with Gasteiger partial charge in [-0.2, -0.15) is 0 Å². The van der Waals surface area contributed by atoms with Gasteiger partial charge >= 0.3 is 0 Å². The molecule has 124 valence electrons. The highest BCUT2D eigenvalue weighted by Gasteiger charge is 2.34. The number of allylic oxidation sites excluding steroid dienone is 1. The topological polar surface area (TPSA) is 70.2 Å². The van der Waals surface area contributed by atoms with Crippen molar-refractivity contribution in [3.05, 3.63) is 25.3 Å². The van der Waals surface area contributed by atoms with Crippen molar-refractivity contribution < 1.29 is 9.59 Å². The van der Waals surface area contributed by atoms with Crippen molar-refractivity contribution in [2.45, 2.75) is 45.1 Å². The summed E-state index contributed by atoms with van der Waals surface area (Å²) in [6.45, 7) is 13.6. The predicted octanol–water partition coefficient (Wildman–Crippen LogP) is 1.52. The van der Waals surface area contributed by atoms with Gasteiger partial charge < -0.3 is 16.0 Å². The molecule has 2 heterocycles. The number of carbonyl (C=O) groups is 2. The van der Waals surface area contributed by atoms with Crippen molar-refractivity contribution in [3.63, 3.8) is 0 Å². The third-order valence-electron chi connectivity index (χ3n) is 4.31. The Morgan fingerprint density at radius 1 is 1.00 bits per heavy atom. The van der Waals surface area contributed by atoms with Crippen LogP contribution in [0.25, 0.3) is 0 Å². The van der Waals surface area contributed by atoms with E-state index in [0.29, 0.717) is 6.42 Å². The summed E-state index contributed by atoms with van der Waals surface area (Å²) in [5.41, 5.74) is -0.611. The van der Waals surface area contributed by atoms with E-state index >= 15 is 0 Å². The van der Waals surface area contributed by atoms with Crippen LogP contribution in [0.15, 0.2) is 25.3 Å². The van der Waals surface area contributed by atoms with Gasteiger partial charge in [0.2, 0.25) is 11.8 Å². The highest BCUT2D eigenvalue weighted by molar-refractivity contribution is 5.86. The van der Waals surface area contributed by atoms with Crippen molar-refractivity contribution in [1.82, 2.24) is 16.0 Å². The molecule has 0 unspecified atom stereocenters. The molecule has 0 saturated carbocycles. The van der Waals surface area contributed by atoms with Crippen LogP contribution < -0.4 is 16.0 Å². The molecule has 22 heavy (non-hydrogen) atoms. The van der Waals surface area contributed by atoms with Gasteiger partial charge in [0.15, 0.2) is 0 Å². The fourth-order valence-corrected chi connectivity index (χ4v) is 2.76. The normalized spacial score (nSPS) is 31.2. The lowest BCUT2D eigenvalue weighted by atomic mass is 9.79. The lowest BCUT2D eigenvalue weighted by Crippen LogP contribution is -2.61. The summed E-state index contributed by atoms with van der Waals surface area (Å²) in [4.78, 5) is 22.6. The monoisotopic (exact) mass is 307 g/mol. The highest BCUT2D eigenvalue weighted by atomic mass is 16.2. The molecule has 2 fully saturated rings. The largest absolute Gasteiger partial charge is 0.356 e. The second-order valence-corrected chi connectivity index (χ2v) is 6.42. The number of carbonyl (C=O) groups excluding carboxylic acids is 2. The van der Waals surface area contributed by atoms with Gasteiger partial charge in [0.25, 0.3) is 0 Å². The molecule has 2 amide bonds. The zero-order valence-corrected chi connectivity index (χ0v) is 13.8. The summed E-state index contributed by atoms with van der Waals surface area (Å²) in [7, 11) is 0. The Hall–Kier alpha value is -1.62. The van der Waals surface area contributed by atoms with Gasteiger partial charge in [0.1, 0.15) is 0 Å². The van der Waals surface area contributed by atoms with Crippen LogP contribution in [0.2, 0.25) is 0 Å². The summed E-state index contributed by atoms with van der Waals surface area (Å²) < 4.78 is 0. The van der Waals surface area contributed by atoms with E-state index in [9.17, 15) is 9.59 Å². The first-order valence-corrected chi connectivity index (χ1v) is 7.91. The molecule has 2 aliphatic rings. The Labute approximate surface area is 133 Å². The molecule has 0 aliphatic carbocycles. The van der Waals surface area contributed by atoms with Gasteiger partial charge in [-0.15, -0.1) is 13.2 Å². The van der Waals surface area contributed by atoms with Crippen molar-refractivity contribution >= 4 is 11.8 Å². The molecular weight excluding hydrogens is 278 g/mol. The molecule has 0 bridgehead atoms. The molecule has 0 aromatic carbocycles. The number of amides is 2. The smallest absolute Gasteiger partial charge is 0.240 e. The number of piperidine rings is 1. The molecule has 2 aliphatic heterocycles. The van der Waals surface area contributed by atoms with Crippen LogP contribution >= 0.6 is 0 Å². The molecule has 0 radical (unpaired) electrons. The van der Waals surface area contributed by atoms with E-state index in [0.717, 1.165) is 38.9 Å². The van der Waals surface area contributed by atoms with Crippen molar-refractivity contribution in [1.29, 1.82) is 0 Å². The third-order valence-corrected chi connectivity index (χ3v) is 4.31. The van der Waals surface area contributed by atoms with Crippen molar-refractivity contribution in [2.24, 2.45) is 5.41 Å². The van der Waals surface area contributed by atoms with E-state index < -0.39 is 5.54 Å². The fourth-order valence-electron chi connectivity index (χ4n) is 2.76. The molecule has 2 rings (SSSR count). The quantitative estimate of drug-likeness (QED) is 0.690. The lowest BCUT2D eigenvalue weighted by molar-refractivity contribution is -0.132. The van der Waals surface area contributed by atoms with Crippen LogP contribution in [0.4, 0.5) is 0 Å². The maximum atomic E-state index is 11.3. The molecular formula is C17H29N3O2. The van der Waals surface area contributed by atoms with E-state index in [1.807, 2.05) is 19.9 Å². The average Bonchev–Trinajstić information content (AvgIpc) is 2.47. The zero-order chi connectivity index (χ0) is 16.6. The average molecular weight is 307 g/mol. The van der Waals surface area contributed by atoms with Crippen LogP contribution in [0.5, 0.6) is 0 Å². The molecule has 3 N–H and O–H groups in total. The Bertz CT molecular complexity index is 396. The molecule has 2 atom stereocenters. The number of nitrogens with one attached hydrogen (secondary N) is 3. The minimum absolute atomic E-state index is 0.0728. The minimum atomic E-state index is -0.431. The van der Waals surface area contributed by atoms with Gasteiger partial charge in [-0.05, 0) is 32.6 Å². The second kappa shape index (κ2) is 8.13.